The van der Waals surface area contributed by atoms with E-state index in [9.17, 15) is 9.90 Å². The molecule has 2 aromatic carbocycles. The van der Waals surface area contributed by atoms with E-state index in [4.69, 9.17) is 4.74 Å². The van der Waals surface area contributed by atoms with Crippen molar-refractivity contribution in [1.82, 2.24) is 15.3 Å². The second kappa shape index (κ2) is 9.15. The topological polar surface area (TPSA) is 84.3 Å². The summed E-state index contributed by atoms with van der Waals surface area (Å²) < 4.78 is 5.37. The SMILES string of the molecule is O=C(NC1(CO)CCOCC1)c1ccc2cccc3c2c1C=CC3.c1cncnc1. The lowest BCUT2D eigenvalue weighted by Crippen LogP contribution is -2.54. The summed E-state index contributed by atoms with van der Waals surface area (Å²) in [5, 5.41) is 15.2. The minimum Gasteiger partial charge on any atom is -0.394 e. The number of allylic oxidation sites excluding steroid dienone is 1. The van der Waals surface area contributed by atoms with Gasteiger partial charge in [-0.25, -0.2) is 9.97 Å². The number of carbonyl (C=O) groups is 1. The predicted molar refractivity (Wildman–Crippen MR) is 116 cm³/mol. The molecule has 1 aliphatic heterocycles. The van der Waals surface area contributed by atoms with Gasteiger partial charge in [-0.15, -0.1) is 0 Å². The molecule has 154 valence electrons. The first-order valence-corrected chi connectivity index (χ1v) is 10.1. The molecule has 0 unspecified atom stereocenters. The zero-order valence-electron chi connectivity index (χ0n) is 16.8. The number of nitrogens with one attached hydrogen (secondary N) is 1. The van der Waals surface area contributed by atoms with Crippen LogP contribution in [0.3, 0.4) is 0 Å². The molecule has 2 N–H and O–H groups in total. The zero-order chi connectivity index (χ0) is 20.8. The van der Waals surface area contributed by atoms with Crippen molar-refractivity contribution in [3.8, 4) is 0 Å². The van der Waals surface area contributed by atoms with Crippen LogP contribution < -0.4 is 5.32 Å². The van der Waals surface area contributed by atoms with Gasteiger partial charge in [0.15, 0.2) is 0 Å². The molecular weight excluding hydrogens is 378 g/mol. The van der Waals surface area contributed by atoms with Crippen molar-refractivity contribution in [3.05, 3.63) is 77.9 Å². The minimum absolute atomic E-state index is 0.0634. The van der Waals surface area contributed by atoms with Gasteiger partial charge >= 0.3 is 0 Å². The average molecular weight is 403 g/mol. The Labute approximate surface area is 175 Å². The fourth-order valence-electron chi connectivity index (χ4n) is 3.98. The molecule has 2 heterocycles. The Bertz CT molecular complexity index is 1020. The maximum atomic E-state index is 12.9. The normalized spacial score (nSPS) is 16.4. The van der Waals surface area contributed by atoms with E-state index < -0.39 is 5.54 Å². The fraction of sp³-hybridized carbons (Fsp3) is 0.292. The number of hydrogen-bond donors (Lipinski definition) is 2. The van der Waals surface area contributed by atoms with E-state index in [0.717, 1.165) is 22.8 Å². The number of benzene rings is 2. The number of aromatic nitrogens is 2. The Morgan fingerprint density at radius 3 is 2.57 bits per heavy atom. The van der Waals surface area contributed by atoms with Gasteiger partial charge in [0.25, 0.3) is 5.91 Å². The van der Waals surface area contributed by atoms with Crippen LogP contribution in [0.2, 0.25) is 0 Å². The maximum absolute atomic E-state index is 12.9. The van der Waals surface area contributed by atoms with E-state index in [-0.39, 0.29) is 12.5 Å². The summed E-state index contributed by atoms with van der Waals surface area (Å²) in [4.78, 5) is 20.3. The molecule has 1 aliphatic carbocycles. The van der Waals surface area contributed by atoms with Crippen LogP contribution in [0.5, 0.6) is 0 Å². The highest BCUT2D eigenvalue weighted by Gasteiger charge is 2.34. The first kappa shape index (κ1) is 20.2. The molecular formula is C24H25N3O3. The third-order valence-corrected chi connectivity index (χ3v) is 5.65. The Kier molecular flexibility index (Phi) is 6.16. The van der Waals surface area contributed by atoms with Crippen LogP contribution in [0, 0.1) is 0 Å². The minimum atomic E-state index is -0.574. The number of hydrogen-bond acceptors (Lipinski definition) is 5. The van der Waals surface area contributed by atoms with Crippen molar-refractivity contribution < 1.29 is 14.6 Å². The summed E-state index contributed by atoms with van der Waals surface area (Å²) in [7, 11) is 0. The van der Waals surface area contributed by atoms with Gasteiger partial charge in [0.2, 0.25) is 0 Å². The standard InChI is InChI=1S/C20H21NO3.C4H4N2/c22-13-20(9-11-24-12-10-20)21-19(23)17-8-7-15-4-1-3-14-5-2-6-16(17)18(14)15;1-2-5-4-6-3-1/h1-4,6-8,22H,5,9-13H2,(H,21,23);1-4H. The van der Waals surface area contributed by atoms with Crippen molar-refractivity contribution >= 4 is 22.8 Å². The van der Waals surface area contributed by atoms with Gasteiger partial charge in [-0.1, -0.05) is 36.4 Å². The number of aliphatic hydroxyl groups excluding tert-OH is 1. The summed E-state index contributed by atoms with van der Waals surface area (Å²) in [6.07, 6.45) is 11.2. The predicted octanol–water partition coefficient (Wildman–Crippen LogP) is 3.16. The number of amides is 1. The van der Waals surface area contributed by atoms with E-state index in [1.54, 1.807) is 18.5 Å². The largest absolute Gasteiger partial charge is 0.394 e. The van der Waals surface area contributed by atoms with Gasteiger partial charge in [0.05, 0.1) is 12.1 Å². The van der Waals surface area contributed by atoms with E-state index >= 15 is 0 Å². The highest BCUT2D eigenvalue weighted by Crippen LogP contribution is 2.31. The first-order chi connectivity index (χ1) is 14.7. The van der Waals surface area contributed by atoms with Crippen LogP contribution in [-0.4, -0.2) is 46.3 Å². The first-order valence-electron chi connectivity index (χ1n) is 10.1. The molecule has 0 atom stereocenters. The molecule has 1 saturated heterocycles. The van der Waals surface area contributed by atoms with Gasteiger partial charge < -0.3 is 15.2 Å². The summed E-state index contributed by atoms with van der Waals surface area (Å²) in [5.41, 5.74) is 2.33. The summed E-state index contributed by atoms with van der Waals surface area (Å²) >= 11 is 0. The van der Waals surface area contributed by atoms with Crippen molar-refractivity contribution in [2.75, 3.05) is 19.8 Å². The van der Waals surface area contributed by atoms with Crippen LogP contribution in [0.1, 0.15) is 34.3 Å². The number of carbonyl (C=O) groups excluding carboxylic acids is 1. The monoisotopic (exact) mass is 403 g/mol. The lowest BCUT2D eigenvalue weighted by atomic mass is 9.88. The fourth-order valence-corrected chi connectivity index (χ4v) is 3.98. The highest BCUT2D eigenvalue weighted by atomic mass is 16.5. The summed E-state index contributed by atoms with van der Waals surface area (Å²) in [6, 6.07) is 11.9. The van der Waals surface area contributed by atoms with Crippen molar-refractivity contribution in [2.24, 2.45) is 0 Å². The Morgan fingerprint density at radius 1 is 1.10 bits per heavy atom. The zero-order valence-corrected chi connectivity index (χ0v) is 16.8. The van der Waals surface area contributed by atoms with Gasteiger partial charge in [-0.05, 0) is 53.3 Å². The number of aliphatic hydroxyl groups is 1. The molecule has 0 spiro atoms. The molecule has 3 aromatic rings. The molecule has 1 amide bonds. The summed E-state index contributed by atoms with van der Waals surface area (Å²) in [6.45, 7) is 1.07. The molecule has 30 heavy (non-hydrogen) atoms. The van der Waals surface area contributed by atoms with Gasteiger partial charge in [-0.3, -0.25) is 4.79 Å². The highest BCUT2D eigenvalue weighted by molar-refractivity contribution is 6.06. The molecule has 6 heteroatoms. The van der Waals surface area contributed by atoms with Crippen molar-refractivity contribution in [2.45, 2.75) is 24.8 Å². The average Bonchev–Trinajstić information content (AvgIpc) is 2.82. The van der Waals surface area contributed by atoms with E-state index in [0.29, 0.717) is 31.6 Å². The molecule has 1 aromatic heterocycles. The third-order valence-electron chi connectivity index (χ3n) is 5.65. The number of ether oxygens (including phenoxy) is 1. The molecule has 5 rings (SSSR count). The smallest absolute Gasteiger partial charge is 0.252 e. The maximum Gasteiger partial charge on any atom is 0.252 e. The lowest BCUT2D eigenvalue weighted by molar-refractivity contribution is 0.0125. The van der Waals surface area contributed by atoms with E-state index in [1.807, 2.05) is 18.2 Å². The summed E-state index contributed by atoms with van der Waals surface area (Å²) in [5.74, 6) is -0.121. The Hall–Kier alpha value is -3.09. The van der Waals surface area contributed by atoms with Crippen molar-refractivity contribution in [1.29, 1.82) is 0 Å². The second-order valence-electron chi connectivity index (χ2n) is 7.56. The van der Waals surface area contributed by atoms with Gasteiger partial charge in [0, 0.05) is 31.2 Å². The number of nitrogens with zero attached hydrogens (tertiary/aromatic N) is 2. The molecule has 0 saturated carbocycles. The van der Waals surface area contributed by atoms with E-state index in [1.165, 1.54) is 11.9 Å². The third kappa shape index (κ3) is 4.25. The second-order valence-corrected chi connectivity index (χ2v) is 7.56. The van der Waals surface area contributed by atoms with Crippen LogP contribution in [-0.2, 0) is 11.2 Å². The molecule has 2 aliphatic rings. The molecule has 0 bridgehead atoms. The number of rotatable bonds is 3. The quantitative estimate of drug-likeness (QED) is 0.702. The lowest BCUT2D eigenvalue weighted by Gasteiger charge is -2.36. The van der Waals surface area contributed by atoms with Gasteiger partial charge in [0.1, 0.15) is 6.33 Å². The van der Waals surface area contributed by atoms with Crippen molar-refractivity contribution in [3.63, 3.8) is 0 Å². The Balaban J connectivity index is 0.000000313. The van der Waals surface area contributed by atoms with Gasteiger partial charge in [-0.2, -0.15) is 0 Å². The molecule has 1 fully saturated rings. The van der Waals surface area contributed by atoms with Crippen LogP contribution in [0.15, 0.2) is 61.2 Å². The van der Waals surface area contributed by atoms with E-state index in [2.05, 4.69) is 39.6 Å². The van der Waals surface area contributed by atoms with Crippen LogP contribution in [0.4, 0.5) is 0 Å². The molecule has 6 nitrogen and oxygen atoms in total. The molecule has 0 radical (unpaired) electrons. The van der Waals surface area contributed by atoms with Crippen LogP contribution in [0.25, 0.3) is 16.8 Å². The Morgan fingerprint density at radius 2 is 1.90 bits per heavy atom. The van der Waals surface area contributed by atoms with Crippen LogP contribution >= 0.6 is 0 Å².